The number of imidazole rings is 1. The number of carbonyl (C=O) groups excluding carboxylic acids is 1. The molecule has 7 nitrogen and oxygen atoms in total. The number of nitrogens with zero attached hydrogens (tertiary/aromatic N) is 3. The van der Waals surface area contributed by atoms with Crippen LogP contribution in [0.15, 0.2) is 83.9 Å². The summed E-state index contributed by atoms with van der Waals surface area (Å²) in [6.07, 6.45) is 1.65. The van der Waals surface area contributed by atoms with Crippen molar-refractivity contribution >= 4 is 33.5 Å². The summed E-state index contributed by atoms with van der Waals surface area (Å²) in [6, 6.07) is 22.5. The van der Waals surface area contributed by atoms with Crippen molar-refractivity contribution in [1.82, 2.24) is 19.5 Å². The van der Waals surface area contributed by atoms with Gasteiger partial charge in [0.2, 0.25) is 5.91 Å². The molecular weight excluding hydrogens is 390 g/mol. The zero-order valence-corrected chi connectivity index (χ0v) is 16.6. The van der Waals surface area contributed by atoms with Crippen LogP contribution in [0, 0.1) is 0 Å². The molecule has 1 amide bonds. The van der Waals surface area contributed by atoms with Crippen LogP contribution in [0.1, 0.15) is 6.42 Å². The maximum atomic E-state index is 12.6. The van der Waals surface area contributed by atoms with Crippen LogP contribution in [0.25, 0.3) is 33.3 Å². The molecule has 0 aliphatic carbocycles. The number of aromatic amines is 1. The molecular formula is C24H19N5O2. The van der Waals surface area contributed by atoms with Crippen LogP contribution in [0.5, 0.6) is 0 Å². The van der Waals surface area contributed by atoms with Gasteiger partial charge in [-0.25, -0.2) is 9.97 Å². The Bertz CT molecular complexity index is 1430. The Balaban J connectivity index is 1.29. The summed E-state index contributed by atoms with van der Waals surface area (Å²) in [6.45, 7) is 0.256. The Kier molecular flexibility index (Phi) is 4.76. The lowest BCUT2D eigenvalue weighted by atomic mass is 10.2. The fourth-order valence-electron chi connectivity index (χ4n) is 3.54. The molecule has 152 valence electrons. The van der Waals surface area contributed by atoms with Crippen LogP contribution in [0.3, 0.4) is 0 Å². The van der Waals surface area contributed by atoms with Gasteiger partial charge in [-0.15, -0.1) is 0 Å². The first-order chi connectivity index (χ1) is 15.2. The minimum Gasteiger partial charge on any atom is -0.338 e. The topological polar surface area (TPSA) is 92.7 Å². The summed E-state index contributed by atoms with van der Waals surface area (Å²) in [5.41, 5.74) is 3.90. The number of aromatic nitrogens is 4. The Labute approximate surface area is 177 Å². The summed E-state index contributed by atoms with van der Waals surface area (Å²) in [7, 11) is 0. The predicted molar refractivity (Wildman–Crippen MR) is 121 cm³/mol. The highest BCUT2D eigenvalue weighted by atomic mass is 16.2. The van der Waals surface area contributed by atoms with E-state index in [0.29, 0.717) is 16.6 Å². The fourth-order valence-corrected chi connectivity index (χ4v) is 3.54. The predicted octanol–water partition coefficient (Wildman–Crippen LogP) is 3.97. The van der Waals surface area contributed by atoms with Crippen molar-refractivity contribution in [3.63, 3.8) is 0 Å². The van der Waals surface area contributed by atoms with Crippen LogP contribution >= 0.6 is 0 Å². The number of carbonyl (C=O) groups is 1. The number of aryl methyl sites for hydroxylation is 1. The second-order valence-corrected chi connectivity index (χ2v) is 7.24. The lowest BCUT2D eigenvalue weighted by Crippen LogP contribution is -2.23. The van der Waals surface area contributed by atoms with Crippen LogP contribution in [-0.2, 0) is 11.3 Å². The van der Waals surface area contributed by atoms with Crippen LogP contribution in [0.4, 0.5) is 5.69 Å². The number of benzene rings is 3. The standard InChI is InChI=1S/C24H19N5O2/c30-22(12-13-29-15-25-19-9-2-1-8-18(19)24(29)31)26-17-7-5-6-16(14-17)23-27-20-10-3-4-11-21(20)28-23/h1-11,14-15H,12-13H2,(H,26,30)(H,27,28). The number of amides is 1. The van der Waals surface area contributed by atoms with Crippen molar-refractivity contribution < 1.29 is 4.79 Å². The summed E-state index contributed by atoms with van der Waals surface area (Å²) in [5, 5.41) is 3.44. The van der Waals surface area contributed by atoms with Gasteiger partial charge < -0.3 is 10.3 Å². The lowest BCUT2D eigenvalue weighted by molar-refractivity contribution is -0.116. The third kappa shape index (κ3) is 3.81. The van der Waals surface area contributed by atoms with Gasteiger partial charge in [0.25, 0.3) is 5.56 Å². The van der Waals surface area contributed by atoms with Crippen LogP contribution < -0.4 is 10.9 Å². The number of hydrogen-bond donors (Lipinski definition) is 2. The van der Waals surface area contributed by atoms with Gasteiger partial charge >= 0.3 is 0 Å². The Hall–Kier alpha value is -4.26. The molecule has 0 unspecified atom stereocenters. The number of hydrogen-bond acceptors (Lipinski definition) is 4. The van der Waals surface area contributed by atoms with Gasteiger partial charge in [0.05, 0.1) is 28.3 Å². The highest BCUT2D eigenvalue weighted by Gasteiger charge is 2.09. The normalized spacial score (nSPS) is 11.1. The highest BCUT2D eigenvalue weighted by Crippen LogP contribution is 2.23. The van der Waals surface area contributed by atoms with Gasteiger partial charge in [-0.05, 0) is 36.4 Å². The monoisotopic (exact) mass is 409 g/mol. The molecule has 2 N–H and O–H groups in total. The molecule has 5 rings (SSSR count). The molecule has 0 aliphatic rings. The van der Waals surface area contributed by atoms with Gasteiger partial charge in [0, 0.05) is 24.2 Å². The maximum absolute atomic E-state index is 12.6. The van der Waals surface area contributed by atoms with Gasteiger partial charge in [-0.3, -0.25) is 14.2 Å². The average molecular weight is 409 g/mol. The molecule has 0 spiro atoms. The summed E-state index contributed by atoms with van der Waals surface area (Å²) in [5.74, 6) is 0.563. The van der Waals surface area contributed by atoms with E-state index in [2.05, 4.69) is 20.3 Å². The van der Waals surface area contributed by atoms with Crippen molar-refractivity contribution in [3.8, 4) is 11.4 Å². The minimum atomic E-state index is -0.179. The first kappa shape index (κ1) is 18.7. The molecule has 5 aromatic rings. The summed E-state index contributed by atoms with van der Waals surface area (Å²) in [4.78, 5) is 37.2. The molecule has 7 heteroatoms. The molecule has 2 heterocycles. The SMILES string of the molecule is O=C(CCn1cnc2ccccc2c1=O)Nc1cccc(-c2nc3ccccc3[nH]2)c1. The third-order valence-corrected chi connectivity index (χ3v) is 5.12. The van der Waals surface area contributed by atoms with Crippen LogP contribution in [-0.4, -0.2) is 25.4 Å². The zero-order valence-electron chi connectivity index (χ0n) is 16.6. The van der Waals surface area contributed by atoms with Gasteiger partial charge in [0.1, 0.15) is 5.82 Å². The van der Waals surface area contributed by atoms with Gasteiger partial charge in [-0.2, -0.15) is 0 Å². The smallest absolute Gasteiger partial charge is 0.261 e. The van der Waals surface area contributed by atoms with Crippen molar-refractivity contribution in [2.75, 3.05) is 5.32 Å². The Morgan fingerprint density at radius 2 is 1.77 bits per heavy atom. The third-order valence-electron chi connectivity index (χ3n) is 5.12. The second kappa shape index (κ2) is 7.87. The number of H-pyrrole nitrogens is 1. The molecule has 0 aliphatic heterocycles. The molecule has 2 aromatic heterocycles. The van der Waals surface area contributed by atoms with E-state index < -0.39 is 0 Å². The molecule has 0 fully saturated rings. The molecule has 0 bridgehead atoms. The van der Waals surface area contributed by atoms with Gasteiger partial charge in [-0.1, -0.05) is 36.4 Å². The van der Waals surface area contributed by atoms with E-state index in [0.717, 1.165) is 22.4 Å². The fraction of sp³-hybridized carbons (Fsp3) is 0.0833. The molecule has 0 radical (unpaired) electrons. The van der Waals surface area contributed by atoms with Crippen molar-refractivity contribution in [2.45, 2.75) is 13.0 Å². The van der Waals surface area contributed by atoms with Crippen molar-refractivity contribution in [2.24, 2.45) is 0 Å². The minimum absolute atomic E-state index is 0.148. The lowest BCUT2D eigenvalue weighted by Gasteiger charge is -2.08. The zero-order chi connectivity index (χ0) is 21.2. The van der Waals surface area contributed by atoms with Crippen molar-refractivity contribution in [1.29, 1.82) is 0 Å². The summed E-state index contributed by atoms with van der Waals surface area (Å²) < 4.78 is 1.47. The van der Waals surface area contributed by atoms with E-state index in [1.54, 1.807) is 18.2 Å². The Morgan fingerprint density at radius 1 is 0.968 bits per heavy atom. The highest BCUT2D eigenvalue weighted by molar-refractivity contribution is 5.91. The number of rotatable bonds is 5. The van der Waals surface area contributed by atoms with E-state index >= 15 is 0 Å². The van der Waals surface area contributed by atoms with Crippen molar-refractivity contribution in [3.05, 3.63) is 89.5 Å². The first-order valence-corrected chi connectivity index (χ1v) is 9.96. The molecule has 0 saturated heterocycles. The molecule has 3 aromatic carbocycles. The largest absolute Gasteiger partial charge is 0.338 e. The quantitative estimate of drug-likeness (QED) is 0.459. The molecule has 0 saturated carbocycles. The number of para-hydroxylation sites is 3. The number of anilines is 1. The average Bonchev–Trinajstić information content (AvgIpc) is 3.23. The number of nitrogens with one attached hydrogen (secondary N) is 2. The van der Waals surface area contributed by atoms with E-state index in [-0.39, 0.29) is 24.4 Å². The summed E-state index contributed by atoms with van der Waals surface area (Å²) >= 11 is 0. The molecule has 31 heavy (non-hydrogen) atoms. The van der Waals surface area contributed by atoms with Crippen LogP contribution in [0.2, 0.25) is 0 Å². The maximum Gasteiger partial charge on any atom is 0.261 e. The first-order valence-electron chi connectivity index (χ1n) is 9.96. The Morgan fingerprint density at radius 3 is 2.65 bits per heavy atom. The van der Waals surface area contributed by atoms with Gasteiger partial charge in [0.15, 0.2) is 0 Å². The number of fused-ring (bicyclic) bond motifs is 2. The van der Waals surface area contributed by atoms with E-state index in [4.69, 9.17) is 0 Å². The molecule has 0 atom stereocenters. The van der Waals surface area contributed by atoms with E-state index in [1.807, 2.05) is 54.6 Å². The second-order valence-electron chi connectivity index (χ2n) is 7.24. The van der Waals surface area contributed by atoms with E-state index in [1.165, 1.54) is 10.9 Å². The van der Waals surface area contributed by atoms with E-state index in [9.17, 15) is 9.59 Å².